The van der Waals surface area contributed by atoms with Gasteiger partial charge in [0.1, 0.15) is 28.8 Å². The van der Waals surface area contributed by atoms with Crippen molar-refractivity contribution < 1.29 is 27.8 Å². The number of benzene rings is 1. The predicted octanol–water partition coefficient (Wildman–Crippen LogP) is 4.20. The van der Waals surface area contributed by atoms with Gasteiger partial charge >= 0.3 is 0 Å². The average molecular weight is 428 g/mol. The number of ketones is 1. The number of halogens is 3. The quantitative estimate of drug-likeness (QED) is 0.617. The Labute approximate surface area is 176 Å². The third-order valence-corrected chi connectivity index (χ3v) is 5.23. The van der Waals surface area contributed by atoms with E-state index >= 15 is 0 Å². The summed E-state index contributed by atoms with van der Waals surface area (Å²) in [6.07, 6.45) is 3.06. The number of carbonyl (C=O) groups excluding carboxylic acids is 1. The first-order chi connectivity index (χ1) is 14.9. The Morgan fingerprint density at radius 3 is 2.61 bits per heavy atom. The molecule has 2 aromatic heterocycles. The number of hydrogen-bond donors (Lipinski definition) is 1. The minimum Gasteiger partial charge on any atom is -0.393 e. The van der Waals surface area contributed by atoms with E-state index in [2.05, 4.69) is 9.97 Å². The molecule has 3 aromatic rings. The van der Waals surface area contributed by atoms with Gasteiger partial charge in [-0.3, -0.25) is 9.78 Å². The third kappa shape index (κ3) is 4.50. The fourth-order valence-electron chi connectivity index (χ4n) is 3.66. The SMILES string of the molecule is O=C(Cc1cnccc1[C@H]1C[C@@H](O)CCO1)c1ccc(F)c(-c2c(F)cccc2F)n1. The largest absolute Gasteiger partial charge is 0.393 e. The summed E-state index contributed by atoms with van der Waals surface area (Å²) in [5.41, 5.74) is -0.00714. The van der Waals surface area contributed by atoms with E-state index in [1.165, 1.54) is 12.3 Å². The molecule has 8 heteroatoms. The van der Waals surface area contributed by atoms with Crippen molar-refractivity contribution in [3.8, 4) is 11.3 Å². The lowest BCUT2D eigenvalue weighted by Gasteiger charge is -2.28. The number of pyridine rings is 2. The van der Waals surface area contributed by atoms with Gasteiger partial charge in [-0.15, -0.1) is 0 Å². The molecule has 2 atom stereocenters. The molecule has 4 rings (SSSR count). The predicted molar refractivity (Wildman–Crippen MR) is 106 cm³/mol. The lowest BCUT2D eigenvalue weighted by atomic mass is 9.94. The Kier molecular flexibility index (Phi) is 6.11. The van der Waals surface area contributed by atoms with Gasteiger partial charge in [-0.2, -0.15) is 0 Å². The molecular formula is C23H19F3N2O3. The molecule has 0 radical (unpaired) electrons. The van der Waals surface area contributed by atoms with Crippen LogP contribution in [-0.4, -0.2) is 33.6 Å². The minimum atomic E-state index is -0.974. The summed E-state index contributed by atoms with van der Waals surface area (Å²) in [6, 6.07) is 7.02. The maximum Gasteiger partial charge on any atom is 0.185 e. The van der Waals surface area contributed by atoms with Crippen LogP contribution in [0, 0.1) is 17.5 Å². The molecule has 0 amide bonds. The van der Waals surface area contributed by atoms with Gasteiger partial charge in [0.2, 0.25) is 0 Å². The zero-order chi connectivity index (χ0) is 22.0. The molecule has 31 heavy (non-hydrogen) atoms. The standard InChI is InChI=1S/C23H19F3N2O3/c24-16-2-1-3-17(25)22(16)23-18(26)4-5-19(28-23)20(30)10-13-12-27-8-6-15(13)21-11-14(29)7-9-31-21/h1-6,8,12,14,21,29H,7,9-11H2/t14-,21+/m0/s1. The Morgan fingerprint density at radius 2 is 1.87 bits per heavy atom. The van der Waals surface area contributed by atoms with E-state index in [4.69, 9.17) is 4.74 Å². The van der Waals surface area contributed by atoms with Crippen LogP contribution in [0.1, 0.15) is 40.6 Å². The Balaban J connectivity index is 1.64. The van der Waals surface area contributed by atoms with E-state index in [1.807, 2.05) is 0 Å². The average Bonchev–Trinajstić information content (AvgIpc) is 2.75. The third-order valence-electron chi connectivity index (χ3n) is 5.23. The number of aliphatic hydroxyl groups is 1. The molecule has 0 aliphatic carbocycles. The molecule has 1 aliphatic rings. The van der Waals surface area contributed by atoms with Gasteiger partial charge in [0, 0.05) is 31.8 Å². The molecule has 160 valence electrons. The van der Waals surface area contributed by atoms with Crippen molar-refractivity contribution in [2.75, 3.05) is 6.61 Å². The van der Waals surface area contributed by atoms with Crippen molar-refractivity contribution in [1.29, 1.82) is 0 Å². The molecular weight excluding hydrogens is 409 g/mol. The monoisotopic (exact) mass is 428 g/mol. The first-order valence-corrected chi connectivity index (χ1v) is 9.80. The van der Waals surface area contributed by atoms with Crippen molar-refractivity contribution >= 4 is 5.78 Å². The molecule has 0 bridgehead atoms. The Bertz CT molecular complexity index is 1100. The molecule has 5 nitrogen and oxygen atoms in total. The van der Waals surface area contributed by atoms with Gasteiger partial charge in [0.25, 0.3) is 0 Å². The Morgan fingerprint density at radius 1 is 1.10 bits per heavy atom. The van der Waals surface area contributed by atoms with Crippen molar-refractivity contribution in [1.82, 2.24) is 9.97 Å². The summed E-state index contributed by atoms with van der Waals surface area (Å²) in [4.78, 5) is 20.9. The molecule has 1 fully saturated rings. The van der Waals surface area contributed by atoms with Crippen LogP contribution >= 0.6 is 0 Å². The van der Waals surface area contributed by atoms with Crippen LogP contribution in [0.2, 0.25) is 0 Å². The molecule has 1 aromatic carbocycles. The van der Waals surface area contributed by atoms with Gasteiger partial charge in [0.15, 0.2) is 5.78 Å². The fourth-order valence-corrected chi connectivity index (χ4v) is 3.66. The molecule has 0 saturated carbocycles. The first-order valence-electron chi connectivity index (χ1n) is 9.80. The summed E-state index contributed by atoms with van der Waals surface area (Å²) in [5.74, 6) is -3.35. The van der Waals surface area contributed by atoms with Gasteiger partial charge in [-0.25, -0.2) is 18.2 Å². The van der Waals surface area contributed by atoms with E-state index in [-0.39, 0.29) is 18.2 Å². The number of ether oxygens (including phenoxy) is 1. The molecule has 1 saturated heterocycles. The van der Waals surface area contributed by atoms with E-state index in [0.717, 1.165) is 29.8 Å². The maximum atomic E-state index is 14.3. The molecule has 3 heterocycles. The summed E-state index contributed by atoms with van der Waals surface area (Å²) < 4.78 is 48.2. The van der Waals surface area contributed by atoms with Crippen LogP contribution < -0.4 is 0 Å². The van der Waals surface area contributed by atoms with E-state index in [1.54, 1.807) is 12.3 Å². The highest BCUT2D eigenvalue weighted by Crippen LogP contribution is 2.31. The van der Waals surface area contributed by atoms with Crippen molar-refractivity contribution in [3.05, 3.63) is 83.1 Å². The number of rotatable bonds is 5. The van der Waals surface area contributed by atoms with Crippen LogP contribution in [0.4, 0.5) is 13.2 Å². The van der Waals surface area contributed by atoms with Crippen LogP contribution in [0.3, 0.4) is 0 Å². The zero-order valence-electron chi connectivity index (χ0n) is 16.4. The van der Waals surface area contributed by atoms with Gasteiger partial charge in [0.05, 0.1) is 17.8 Å². The van der Waals surface area contributed by atoms with Crippen molar-refractivity contribution in [3.63, 3.8) is 0 Å². The number of Topliss-reactive ketones (excluding diaryl/α,β-unsaturated/α-hetero) is 1. The molecule has 0 unspecified atom stereocenters. The van der Waals surface area contributed by atoms with Crippen LogP contribution in [0.15, 0.2) is 48.8 Å². The highest BCUT2D eigenvalue weighted by molar-refractivity contribution is 5.96. The number of hydrogen-bond acceptors (Lipinski definition) is 5. The summed E-state index contributed by atoms with van der Waals surface area (Å²) in [5, 5.41) is 9.93. The smallest absolute Gasteiger partial charge is 0.185 e. The van der Waals surface area contributed by atoms with Crippen molar-refractivity contribution in [2.45, 2.75) is 31.5 Å². The van der Waals surface area contributed by atoms with Crippen LogP contribution in [0.5, 0.6) is 0 Å². The van der Waals surface area contributed by atoms with E-state index in [0.29, 0.717) is 25.0 Å². The summed E-state index contributed by atoms with van der Waals surface area (Å²) in [6.45, 7) is 0.401. The minimum absolute atomic E-state index is 0.114. The maximum absolute atomic E-state index is 14.3. The van der Waals surface area contributed by atoms with Crippen molar-refractivity contribution in [2.24, 2.45) is 0 Å². The zero-order valence-corrected chi connectivity index (χ0v) is 16.4. The second kappa shape index (κ2) is 8.95. The topological polar surface area (TPSA) is 72.3 Å². The highest BCUT2D eigenvalue weighted by Gasteiger charge is 2.26. The number of aliphatic hydroxyl groups excluding tert-OH is 1. The lowest BCUT2D eigenvalue weighted by molar-refractivity contribution is -0.0451. The van der Waals surface area contributed by atoms with Gasteiger partial charge in [-0.1, -0.05) is 6.07 Å². The second-order valence-electron chi connectivity index (χ2n) is 7.34. The lowest BCUT2D eigenvalue weighted by Crippen LogP contribution is -2.24. The first kappa shape index (κ1) is 21.1. The summed E-state index contributed by atoms with van der Waals surface area (Å²) >= 11 is 0. The number of aromatic nitrogens is 2. The number of carbonyl (C=O) groups is 1. The summed E-state index contributed by atoms with van der Waals surface area (Å²) in [7, 11) is 0. The normalized spacial score (nSPS) is 18.7. The fraction of sp³-hybridized carbons (Fsp3) is 0.261. The molecule has 0 spiro atoms. The van der Waals surface area contributed by atoms with Crippen LogP contribution in [-0.2, 0) is 11.2 Å². The van der Waals surface area contributed by atoms with Gasteiger partial charge in [-0.05, 0) is 47.9 Å². The van der Waals surface area contributed by atoms with Gasteiger partial charge < -0.3 is 9.84 Å². The van der Waals surface area contributed by atoms with Crippen LogP contribution in [0.25, 0.3) is 11.3 Å². The highest BCUT2D eigenvalue weighted by atomic mass is 19.1. The van der Waals surface area contributed by atoms with E-state index < -0.39 is 40.6 Å². The molecule has 1 aliphatic heterocycles. The second-order valence-corrected chi connectivity index (χ2v) is 7.34. The number of nitrogens with zero attached hydrogens (tertiary/aromatic N) is 2. The Hall–Kier alpha value is -3.10. The van der Waals surface area contributed by atoms with E-state index in [9.17, 15) is 23.1 Å². The molecule has 1 N–H and O–H groups in total.